The summed E-state index contributed by atoms with van der Waals surface area (Å²) in [5.74, 6) is 2.26. The third-order valence-electron chi connectivity index (χ3n) is 6.03. The van der Waals surface area contributed by atoms with Crippen molar-refractivity contribution in [1.29, 1.82) is 0 Å². The molecule has 176 valence electrons. The number of amides is 1. The van der Waals surface area contributed by atoms with Gasteiger partial charge in [-0.2, -0.15) is 5.10 Å². The highest BCUT2D eigenvalue weighted by atomic mass is 32.1. The van der Waals surface area contributed by atoms with Gasteiger partial charge < -0.3 is 14.6 Å². The molecule has 4 aromatic heterocycles. The summed E-state index contributed by atoms with van der Waals surface area (Å²) in [5.41, 5.74) is 2.88. The van der Waals surface area contributed by atoms with Gasteiger partial charge in [-0.3, -0.25) is 4.79 Å². The molecule has 4 aromatic rings. The van der Waals surface area contributed by atoms with Crippen LogP contribution in [0.2, 0.25) is 0 Å². The zero-order valence-corrected chi connectivity index (χ0v) is 20.3. The van der Waals surface area contributed by atoms with Gasteiger partial charge in [0.2, 0.25) is 5.91 Å². The summed E-state index contributed by atoms with van der Waals surface area (Å²) in [5, 5.41) is 8.47. The smallest absolute Gasteiger partial charge is 0.225 e. The molecule has 34 heavy (non-hydrogen) atoms. The summed E-state index contributed by atoms with van der Waals surface area (Å²) in [6, 6.07) is 7.70. The van der Waals surface area contributed by atoms with Crippen molar-refractivity contribution in [1.82, 2.24) is 30.0 Å². The Labute approximate surface area is 201 Å². The van der Waals surface area contributed by atoms with Gasteiger partial charge in [0, 0.05) is 29.7 Å². The van der Waals surface area contributed by atoms with Crippen LogP contribution in [0.5, 0.6) is 0 Å². The fourth-order valence-electron chi connectivity index (χ4n) is 4.30. The molecule has 5 heterocycles. The minimum atomic E-state index is -0.0985. The van der Waals surface area contributed by atoms with E-state index in [1.165, 1.54) is 0 Å². The quantitative estimate of drug-likeness (QED) is 0.450. The number of hydrogen-bond donors (Lipinski definition) is 1. The van der Waals surface area contributed by atoms with Gasteiger partial charge in [0.05, 0.1) is 30.1 Å². The van der Waals surface area contributed by atoms with Crippen molar-refractivity contribution in [3.8, 4) is 16.6 Å². The SMILES string of the molecule is Cc1cc(C)n(-c2cc(N3CCCC(C(=O)NCc4sc(-c5ccco5)nc4C)C3)ncn2)n1. The molecule has 1 atom stereocenters. The van der Waals surface area contributed by atoms with Crippen molar-refractivity contribution in [2.24, 2.45) is 5.92 Å². The van der Waals surface area contributed by atoms with Gasteiger partial charge >= 0.3 is 0 Å². The molecule has 1 N–H and O–H groups in total. The van der Waals surface area contributed by atoms with Crippen molar-refractivity contribution < 1.29 is 9.21 Å². The van der Waals surface area contributed by atoms with Crippen molar-refractivity contribution in [2.45, 2.75) is 40.2 Å². The molecule has 9 nitrogen and oxygen atoms in total. The summed E-state index contributed by atoms with van der Waals surface area (Å²) in [4.78, 5) is 29.7. The van der Waals surface area contributed by atoms with Gasteiger partial charge in [0.1, 0.15) is 12.1 Å². The Morgan fingerprint density at radius 3 is 2.85 bits per heavy atom. The number of nitrogens with zero attached hydrogens (tertiary/aromatic N) is 6. The van der Waals surface area contributed by atoms with Gasteiger partial charge in [-0.25, -0.2) is 19.6 Å². The summed E-state index contributed by atoms with van der Waals surface area (Å²) < 4.78 is 7.27. The van der Waals surface area contributed by atoms with Crippen LogP contribution in [0.1, 0.15) is 34.8 Å². The lowest BCUT2D eigenvalue weighted by Gasteiger charge is -2.32. The number of hydrogen-bond acceptors (Lipinski definition) is 8. The number of aryl methyl sites for hydroxylation is 3. The van der Waals surface area contributed by atoms with Crippen LogP contribution in [-0.2, 0) is 11.3 Å². The Kier molecular flexibility index (Phi) is 6.14. The maximum Gasteiger partial charge on any atom is 0.225 e. The fraction of sp³-hybridized carbons (Fsp3) is 0.375. The van der Waals surface area contributed by atoms with Crippen LogP contribution in [0.15, 0.2) is 41.3 Å². The van der Waals surface area contributed by atoms with E-state index in [-0.39, 0.29) is 11.8 Å². The Hall–Kier alpha value is -3.53. The molecule has 0 aromatic carbocycles. The van der Waals surface area contributed by atoms with E-state index >= 15 is 0 Å². The van der Waals surface area contributed by atoms with E-state index in [1.807, 2.05) is 49.7 Å². The molecule has 0 aliphatic carbocycles. The lowest BCUT2D eigenvalue weighted by molar-refractivity contribution is -0.125. The number of carbonyl (C=O) groups is 1. The minimum absolute atomic E-state index is 0.0601. The first-order valence-corrected chi connectivity index (χ1v) is 12.2. The van der Waals surface area contributed by atoms with Crippen LogP contribution in [0.4, 0.5) is 5.82 Å². The lowest BCUT2D eigenvalue weighted by atomic mass is 9.97. The van der Waals surface area contributed by atoms with Crippen LogP contribution in [0.25, 0.3) is 16.6 Å². The number of nitrogens with one attached hydrogen (secondary N) is 1. The molecule has 10 heteroatoms. The van der Waals surface area contributed by atoms with Crippen LogP contribution < -0.4 is 10.2 Å². The van der Waals surface area contributed by atoms with Crippen LogP contribution in [0, 0.1) is 26.7 Å². The number of piperidine rings is 1. The van der Waals surface area contributed by atoms with Crippen molar-refractivity contribution in [3.05, 3.63) is 58.8 Å². The third kappa shape index (κ3) is 4.58. The van der Waals surface area contributed by atoms with E-state index in [2.05, 4.69) is 30.3 Å². The average Bonchev–Trinajstić information content (AvgIpc) is 3.58. The van der Waals surface area contributed by atoms with Gasteiger partial charge in [0.25, 0.3) is 0 Å². The normalized spacial score (nSPS) is 16.1. The van der Waals surface area contributed by atoms with Crippen molar-refractivity contribution in [3.63, 3.8) is 0 Å². The second-order valence-electron chi connectivity index (χ2n) is 8.58. The number of anilines is 1. The Bertz CT molecular complexity index is 1290. The molecular weight excluding hydrogens is 450 g/mol. The Morgan fingerprint density at radius 2 is 2.09 bits per heavy atom. The molecule has 0 bridgehead atoms. The molecule has 1 aliphatic rings. The first-order chi connectivity index (χ1) is 16.5. The molecule has 1 saturated heterocycles. The average molecular weight is 478 g/mol. The van der Waals surface area contributed by atoms with E-state index in [0.717, 1.165) is 63.7 Å². The van der Waals surface area contributed by atoms with Crippen LogP contribution in [-0.4, -0.2) is 43.7 Å². The number of rotatable bonds is 6. The fourth-order valence-corrected chi connectivity index (χ4v) is 5.27. The standard InChI is InChI=1S/C24H27N7O2S/c1-15-10-16(2)31(29-15)22-11-21(26-14-27-22)30-8-4-6-18(13-30)23(32)25-12-20-17(3)28-24(34-20)19-7-5-9-33-19/h5,7,9-11,14,18H,4,6,8,12-13H2,1-3H3,(H,25,32). The second kappa shape index (κ2) is 9.38. The second-order valence-corrected chi connectivity index (χ2v) is 9.66. The topological polar surface area (TPSA) is 102 Å². The highest BCUT2D eigenvalue weighted by molar-refractivity contribution is 7.15. The molecule has 0 spiro atoms. The summed E-state index contributed by atoms with van der Waals surface area (Å²) >= 11 is 1.55. The maximum atomic E-state index is 13.0. The van der Waals surface area contributed by atoms with E-state index in [0.29, 0.717) is 13.1 Å². The van der Waals surface area contributed by atoms with Crippen molar-refractivity contribution in [2.75, 3.05) is 18.0 Å². The van der Waals surface area contributed by atoms with Gasteiger partial charge in [-0.15, -0.1) is 11.3 Å². The Morgan fingerprint density at radius 1 is 1.24 bits per heavy atom. The molecular formula is C24H27N7O2S. The van der Waals surface area contributed by atoms with Gasteiger partial charge in [-0.1, -0.05) is 0 Å². The van der Waals surface area contributed by atoms with E-state index < -0.39 is 0 Å². The lowest BCUT2D eigenvalue weighted by Crippen LogP contribution is -2.43. The molecule has 0 radical (unpaired) electrons. The maximum absolute atomic E-state index is 13.0. The monoisotopic (exact) mass is 477 g/mol. The largest absolute Gasteiger partial charge is 0.462 e. The van der Waals surface area contributed by atoms with E-state index in [4.69, 9.17) is 4.42 Å². The molecule has 0 saturated carbocycles. The summed E-state index contributed by atoms with van der Waals surface area (Å²) in [7, 11) is 0. The zero-order valence-electron chi connectivity index (χ0n) is 19.5. The van der Waals surface area contributed by atoms with Crippen LogP contribution in [0.3, 0.4) is 0 Å². The highest BCUT2D eigenvalue weighted by Crippen LogP contribution is 2.28. The first kappa shape index (κ1) is 22.3. The van der Waals surface area contributed by atoms with Gasteiger partial charge in [-0.05, 0) is 51.8 Å². The molecule has 1 aliphatic heterocycles. The Balaban J connectivity index is 1.24. The number of carbonyl (C=O) groups excluding carboxylic acids is 1. The number of thiazole rings is 1. The summed E-state index contributed by atoms with van der Waals surface area (Å²) in [6.45, 7) is 7.88. The molecule has 1 amide bonds. The molecule has 5 rings (SSSR count). The number of aromatic nitrogens is 5. The van der Waals surface area contributed by atoms with Crippen molar-refractivity contribution >= 4 is 23.1 Å². The van der Waals surface area contributed by atoms with E-state index in [9.17, 15) is 4.79 Å². The summed E-state index contributed by atoms with van der Waals surface area (Å²) in [6.07, 6.45) is 4.99. The number of furan rings is 1. The minimum Gasteiger partial charge on any atom is -0.462 e. The predicted molar refractivity (Wildman–Crippen MR) is 130 cm³/mol. The first-order valence-electron chi connectivity index (χ1n) is 11.4. The zero-order chi connectivity index (χ0) is 23.7. The highest BCUT2D eigenvalue weighted by Gasteiger charge is 2.27. The molecule has 1 unspecified atom stereocenters. The van der Waals surface area contributed by atoms with Gasteiger partial charge in [0.15, 0.2) is 16.6 Å². The van der Waals surface area contributed by atoms with Crippen LogP contribution >= 0.6 is 11.3 Å². The molecule has 1 fully saturated rings. The third-order valence-corrected chi connectivity index (χ3v) is 7.20. The predicted octanol–water partition coefficient (Wildman–Crippen LogP) is 3.84. The van der Waals surface area contributed by atoms with E-state index in [1.54, 1.807) is 23.9 Å².